The van der Waals surface area contributed by atoms with E-state index in [-0.39, 0.29) is 46.6 Å². The number of allylic oxidation sites excluding steroid dienone is 1. The second-order valence-corrected chi connectivity index (χ2v) is 10.0. The summed E-state index contributed by atoms with van der Waals surface area (Å²) in [6, 6.07) is 2.48. The van der Waals surface area contributed by atoms with Crippen molar-refractivity contribution in [2.75, 3.05) is 51.2 Å². The van der Waals surface area contributed by atoms with Crippen molar-refractivity contribution in [2.24, 2.45) is 5.92 Å². The van der Waals surface area contributed by atoms with E-state index in [0.29, 0.717) is 61.9 Å². The average molecular weight is 570 g/mol. The Morgan fingerprint density at radius 2 is 1.93 bits per heavy atom. The quantitative estimate of drug-likeness (QED) is 0.319. The molecule has 2 saturated heterocycles. The number of pyridine rings is 1. The summed E-state index contributed by atoms with van der Waals surface area (Å²) >= 11 is 0. The fraction of sp³-hybridized carbons (Fsp3) is 0.448. The second-order valence-electron chi connectivity index (χ2n) is 10.0. The number of methoxy groups -OCH3 is 2. The third kappa shape index (κ3) is 6.23. The first-order valence-electron chi connectivity index (χ1n) is 13.5. The van der Waals surface area contributed by atoms with Crippen LogP contribution in [0.3, 0.4) is 0 Å². The number of hydrogen-bond donors (Lipinski definition) is 2. The highest BCUT2D eigenvalue weighted by Gasteiger charge is 2.29. The lowest BCUT2D eigenvalue weighted by molar-refractivity contribution is -0.116. The number of nitrogens with one attached hydrogen (secondary N) is 2. The number of benzene rings is 1. The summed E-state index contributed by atoms with van der Waals surface area (Å²) in [6.45, 7) is 5.65. The lowest BCUT2D eigenvalue weighted by atomic mass is 9.90. The van der Waals surface area contributed by atoms with Gasteiger partial charge in [0.2, 0.25) is 5.95 Å². The molecule has 0 saturated carbocycles. The van der Waals surface area contributed by atoms with Gasteiger partial charge in [0.1, 0.15) is 5.52 Å². The van der Waals surface area contributed by atoms with Crippen molar-refractivity contribution in [1.29, 1.82) is 0 Å². The molecule has 0 spiro atoms. The summed E-state index contributed by atoms with van der Waals surface area (Å²) in [5.74, 6) is -1.53. The van der Waals surface area contributed by atoms with Crippen molar-refractivity contribution in [3.8, 4) is 22.8 Å². The molecule has 41 heavy (non-hydrogen) atoms. The maximum atomic E-state index is 15.4. The maximum absolute atomic E-state index is 15.4. The van der Waals surface area contributed by atoms with E-state index in [1.807, 2.05) is 0 Å². The summed E-state index contributed by atoms with van der Waals surface area (Å²) in [7, 11) is 2.58. The predicted molar refractivity (Wildman–Crippen MR) is 149 cm³/mol. The highest BCUT2D eigenvalue weighted by molar-refractivity contribution is 5.92. The molecule has 4 heterocycles. The first-order chi connectivity index (χ1) is 19.9. The third-order valence-electron chi connectivity index (χ3n) is 7.42. The number of ketones is 1. The van der Waals surface area contributed by atoms with E-state index < -0.39 is 11.6 Å². The second kappa shape index (κ2) is 12.7. The molecule has 12 heteroatoms. The van der Waals surface area contributed by atoms with Crippen LogP contribution in [0.4, 0.5) is 20.5 Å². The normalized spacial score (nSPS) is 20.5. The zero-order valence-electron chi connectivity index (χ0n) is 23.0. The van der Waals surface area contributed by atoms with Gasteiger partial charge in [0.15, 0.2) is 34.7 Å². The largest absolute Gasteiger partial charge is 0.494 e. The van der Waals surface area contributed by atoms with Crippen molar-refractivity contribution in [3.63, 3.8) is 0 Å². The summed E-state index contributed by atoms with van der Waals surface area (Å²) in [6.07, 6.45) is 5.77. The molecule has 3 aromatic rings. The van der Waals surface area contributed by atoms with Crippen molar-refractivity contribution < 1.29 is 32.5 Å². The molecule has 0 aliphatic carbocycles. The van der Waals surface area contributed by atoms with Crippen LogP contribution in [-0.4, -0.2) is 73.5 Å². The smallest absolute Gasteiger partial charge is 0.223 e. The SMILES string of the molecule is C=CC(=O)C[C@H]1CCOC[C@H]1Nc1ncc2cc(-c3c(F)c(OC)cc(OC)c3F)nc(NCC3CCCO3)c2n1. The van der Waals surface area contributed by atoms with Gasteiger partial charge in [0.05, 0.1) is 44.2 Å². The van der Waals surface area contributed by atoms with Crippen LogP contribution in [0.15, 0.2) is 31.0 Å². The molecule has 2 aromatic heterocycles. The summed E-state index contributed by atoms with van der Waals surface area (Å²) in [4.78, 5) is 25.8. The Morgan fingerprint density at radius 3 is 2.61 bits per heavy atom. The highest BCUT2D eigenvalue weighted by Crippen LogP contribution is 2.38. The lowest BCUT2D eigenvalue weighted by Crippen LogP contribution is -2.40. The van der Waals surface area contributed by atoms with Crippen LogP contribution in [0.5, 0.6) is 11.5 Å². The molecule has 0 radical (unpaired) electrons. The minimum atomic E-state index is -0.903. The number of halogens is 2. The van der Waals surface area contributed by atoms with Crippen molar-refractivity contribution in [3.05, 3.63) is 42.6 Å². The fourth-order valence-electron chi connectivity index (χ4n) is 5.18. The molecule has 2 fully saturated rings. The Kier molecular flexibility index (Phi) is 8.89. The van der Waals surface area contributed by atoms with Gasteiger partial charge in [-0.1, -0.05) is 6.58 Å². The minimum absolute atomic E-state index is 0.0209. The standard InChI is InChI=1S/C29H33F2N5O5/c1-4-18(37)10-16-7-9-40-15-21(16)35-29-33-13-17-11-20(24-25(30)22(38-2)12-23(39-3)26(24)31)34-28(27(17)36-29)32-14-19-6-5-8-41-19/h4,11-13,16,19,21H,1,5-10,14-15H2,2-3H3,(H,32,34)(H,33,35,36)/t16-,19?,21-/m1/s1. The summed E-state index contributed by atoms with van der Waals surface area (Å²) in [5, 5.41) is 7.08. The van der Waals surface area contributed by atoms with E-state index in [1.165, 1.54) is 26.4 Å². The Hall–Kier alpha value is -3.90. The molecule has 2 aliphatic rings. The zero-order valence-corrected chi connectivity index (χ0v) is 23.0. The van der Waals surface area contributed by atoms with E-state index in [4.69, 9.17) is 23.9 Å². The predicted octanol–water partition coefficient (Wildman–Crippen LogP) is 4.54. The first kappa shape index (κ1) is 28.6. The zero-order chi connectivity index (χ0) is 28.9. The van der Waals surface area contributed by atoms with Gasteiger partial charge in [-0.2, -0.15) is 0 Å². The van der Waals surface area contributed by atoms with E-state index >= 15 is 8.78 Å². The minimum Gasteiger partial charge on any atom is -0.494 e. The third-order valence-corrected chi connectivity index (χ3v) is 7.42. The topological polar surface area (TPSA) is 117 Å². The number of carbonyl (C=O) groups is 1. The average Bonchev–Trinajstić information content (AvgIpc) is 3.51. The van der Waals surface area contributed by atoms with Crippen molar-refractivity contribution in [2.45, 2.75) is 37.8 Å². The summed E-state index contributed by atoms with van der Waals surface area (Å²) in [5.41, 5.74) is 0.0856. The van der Waals surface area contributed by atoms with Crippen LogP contribution in [-0.2, 0) is 14.3 Å². The van der Waals surface area contributed by atoms with Crippen LogP contribution in [0.25, 0.3) is 22.2 Å². The molecule has 2 aliphatic heterocycles. The van der Waals surface area contributed by atoms with Crippen molar-refractivity contribution >= 4 is 28.5 Å². The molecular weight excluding hydrogens is 536 g/mol. The maximum Gasteiger partial charge on any atom is 0.223 e. The van der Waals surface area contributed by atoms with Crippen LogP contribution < -0.4 is 20.1 Å². The van der Waals surface area contributed by atoms with Crippen molar-refractivity contribution in [1.82, 2.24) is 15.0 Å². The van der Waals surface area contributed by atoms with Crippen LogP contribution >= 0.6 is 0 Å². The molecule has 2 N–H and O–H groups in total. The highest BCUT2D eigenvalue weighted by atomic mass is 19.1. The Morgan fingerprint density at radius 1 is 1.15 bits per heavy atom. The van der Waals surface area contributed by atoms with Crippen LogP contribution in [0, 0.1) is 17.6 Å². The number of rotatable bonds is 11. The fourth-order valence-corrected chi connectivity index (χ4v) is 5.18. The van der Waals surface area contributed by atoms with E-state index in [0.717, 1.165) is 18.9 Å². The van der Waals surface area contributed by atoms with Gasteiger partial charge in [-0.15, -0.1) is 0 Å². The molecule has 3 atom stereocenters. The van der Waals surface area contributed by atoms with Gasteiger partial charge >= 0.3 is 0 Å². The van der Waals surface area contributed by atoms with E-state index in [1.54, 1.807) is 6.20 Å². The number of nitrogens with zero attached hydrogens (tertiary/aromatic N) is 3. The number of fused-ring (bicyclic) bond motifs is 1. The summed E-state index contributed by atoms with van der Waals surface area (Å²) < 4.78 is 52.4. The van der Waals surface area contributed by atoms with Gasteiger partial charge in [0.25, 0.3) is 0 Å². The van der Waals surface area contributed by atoms with Crippen LogP contribution in [0.1, 0.15) is 25.7 Å². The molecule has 5 rings (SSSR count). The number of ether oxygens (including phenoxy) is 4. The van der Waals surface area contributed by atoms with Gasteiger partial charge in [-0.3, -0.25) is 4.79 Å². The van der Waals surface area contributed by atoms with Gasteiger partial charge < -0.3 is 29.6 Å². The molecular formula is C29H33F2N5O5. The Balaban J connectivity index is 1.54. The molecule has 1 aromatic carbocycles. The molecule has 0 amide bonds. The number of carbonyl (C=O) groups excluding carboxylic acids is 1. The first-order valence-corrected chi connectivity index (χ1v) is 13.5. The molecule has 0 bridgehead atoms. The Bertz CT molecular complexity index is 1400. The Labute approximate surface area is 236 Å². The van der Waals surface area contributed by atoms with Gasteiger partial charge in [-0.05, 0) is 37.3 Å². The van der Waals surface area contributed by atoms with E-state index in [9.17, 15) is 4.79 Å². The monoisotopic (exact) mass is 569 g/mol. The molecule has 1 unspecified atom stereocenters. The number of aromatic nitrogens is 3. The molecule has 218 valence electrons. The van der Waals surface area contributed by atoms with Gasteiger partial charge in [0, 0.05) is 43.8 Å². The molecule has 10 nitrogen and oxygen atoms in total. The number of anilines is 2. The lowest BCUT2D eigenvalue weighted by Gasteiger charge is -2.31. The van der Waals surface area contributed by atoms with Crippen LogP contribution in [0.2, 0.25) is 0 Å². The van der Waals surface area contributed by atoms with Gasteiger partial charge in [-0.25, -0.2) is 23.7 Å². The van der Waals surface area contributed by atoms with E-state index in [2.05, 4.69) is 27.2 Å². The number of hydrogen-bond acceptors (Lipinski definition) is 10.